The van der Waals surface area contributed by atoms with Gasteiger partial charge in [0.15, 0.2) is 0 Å². The van der Waals surface area contributed by atoms with Crippen molar-refractivity contribution in [3.05, 3.63) is 28.8 Å². The van der Waals surface area contributed by atoms with Gasteiger partial charge in [0.05, 0.1) is 12.6 Å². The maximum Gasteiger partial charge on any atom is 0.254 e. The summed E-state index contributed by atoms with van der Waals surface area (Å²) in [4.78, 5) is 17.3. The smallest absolute Gasteiger partial charge is 0.254 e. The average Bonchev–Trinajstić information content (AvgIpc) is 3.15. The molecule has 6 nitrogen and oxygen atoms in total. The van der Waals surface area contributed by atoms with Crippen LogP contribution in [0.4, 0.5) is 5.69 Å². The maximum absolute atomic E-state index is 13.0. The zero-order valence-electron chi connectivity index (χ0n) is 15.4. The number of fused-ring (bicyclic) bond motifs is 1. The van der Waals surface area contributed by atoms with Crippen LogP contribution >= 0.6 is 12.4 Å². The Morgan fingerprint density at radius 3 is 2.81 bits per heavy atom. The molecule has 0 unspecified atom stereocenters. The van der Waals surface area contributed by atoms with Crippen LogP contribution in [-0.4, -0.2) is 74.7 Å². The summed E-state index contributed by atoms with van der Waals surface area (Å²) in [7, 11) is 2.11. The Balaban J connectivity index is 0.00000196. The van der Waals surface area contributed by atoms with Gasteiger partial charge in [-0.1, -0.05) is 0 Å². The van der Waals surface area contributed by atoms with Gasteiger partial charge in [0, 0.05) is 50.6 Å². The minimum absolute atomic E-state index is 0. The van der Waals surface area contributed by atoms with Crippen LogP contribution < -0.4 is 10.6 Å². The molecule has 1 aromatic rings. The first kappa shape index (κ1) is 19.4. The molecule has 7 heteroatoms. The Hall–Kier alpha value is -1.34. The molecule has 3 aliphatic rings. The van der Waals surface area contributed by atoms with E-state index < -0.39 is 0 Å². The molecular formula is C19H29ClN4O2. The van der Waals surface area contributed by atoms with E-state index in [0.717, 1.165) is 76.6 Å². The summed E-state index contributed by atoms with van der Waals surface area (Å²) in [6.45, 7) is 6.94. The Bertz CT molecular complexity index is 641. The zero-order chi connectivity index (χ0) is 17.2. The van der Waals surface area contributed by atoms with Crippen molar-refractivity contribution in [2.45, 2.75) is 25.4 Å². The third-order valence-electron chi connectivity index (χ3n) is 5.54. The van der Waals surface area contributed by atoms with Gasteiger partial charge in [0.25, 0.3) is 5.91 Å². The van der Waals surface area contributed by atoms with Crippen molar-refractivity contribution in [3.8, 4) is 0 Å². The Kier molecular flexibility index (Phi) is 6.40. The molecule has 0 bridgehead atoms. The standard InChI is InChI=1S/C19H28N4O2.ClH/c1-22-5-7-23(8-6-22)19(24)15-10-14-2-4-20-12-17(14)18(11-15)21-16-3-9-25-13-16;/h10-11,16,20-21H,2-9,12-13H2,1H3;1H/t16-;/m0./s1. The van der Waals surface area contributed by atoms with Crippen LogP contribution in [0.5, 0.6) is 0 Å². The van der Waals surface area contributed by atoms with Crippen molar-refractivity contribution < 1.29 is 9.53 Å². The number of carbonyl (C=O) groups excluding carboxylic acids is 1. The Labute approximate surface area is 161 Å². The van der Waals surface area contributed by atoms with Gasteiger partial charge >= 0.3 is 0 Å². The lowest BCUT2D eigenvalue weighted by molar-refractivity contribution is 0.0664. The van der Waals surface area contributed by atoms with Crippen LogP contribution in [0, 0.1) is 0 Å². The summed E-state index contributed by atoms with van der Waals surface area (Å²) < 4.78 is 5.50. The fraction of sp³-hybridized carbons (Fsp3) is 0.632. The molecule has 3 aliphatic heterocycles. The average molecular weight is 381 g/mol. The number of rotatable bonds is 3. The minimum Gasteiger partial charge on any atom is -0.380 e. The second kappa shape index (κ2) is 8.57. The number of halogens is 1. The summed E-state index contributed by atoms with van der Waals surface area (Å²) in [6, 6.07) is 4.53. The van der Waals surface area contributed by atoms with Crippen LogP contribution in [0.25, 0.3) is 0 Å². The molecular weight excluding hydrogens is 352 g/mol. The number of piperazine rings is 1. The minimum atomic E-state index is 0. The largest absolute Gasteiger partial charge is 0.380 e. The Morgan fingerprint density at radius 1 is 1.27 bits per heavy atom. The second-order valence-corrected chi connectivity index (χ2v) is 7.39. The molecule has 4 rings (SSSR count). The fourth-order valence-corrected chi connectivity index (χ4v) is 3.91. The van der Waals surface area contributed by atoms with E-state index in [2.05, 4.69) is 34.7 Å². The molecule has 2 N–H and O–H groups in total. The fourth-order valence-electron chi connectivity index (χ4n) is 3.91. The molecule has 1 aromatic carbocycles. The first-order valence-electron chi connectivity index (χ1n) is 9.39. The quantitative estimate of drug-likeness (QED) is 0.828. The van der Waals surface area contributed by atoms with Crippen molar-refractivity contribution >= 4 is 24.0 Å². The summed E-state index contributed by atoms with van der Waals surface area (Å²) >= 11 is 0. The molecule has 0 spiro atoms. The molecule has 26 heavy (non-hydrogen) atoms. The molecule has 0 radical (unpaired) electrons. The van der Waals surface area contributed by atoms with E-state index in [4.69, 9.17) is 4.74 Å². The van der Waals surface area contributed by atoms with E-state index in [0.29, 0.717) is 6.04 Å². The normalized spacial score (nSPS) is 23.3. The van der Waals surface area contributed by atoms with Crippen LogP contribution in [0.2, 0.25) is 0 Å². The van der Waals surface area contributed by atoms with Crippen molar-refractivity contribution in [1.82, 2.24) is 15.1 Å². The molecule has 2 fully saturated rings. The molecule has 0 saturated carbocycles. The third-order valence-corrected chi connectivity index (χ3v) is 5.54. The molecule has 1 amide bonds. The van der Waals surface area contributed by atoms with Crippen LogP contribution in [0.15, 0.2) is 12.1 Å². The topological polar surface area (TPSA) is 56.8 Å². The predicted molar refractivity (Wildman–Crippen MR) is 105 cm³/mol. The van der Waals surface area contributed by atoms with Gasteiger partial charge in [0.2, 0.25) is 0 Å². The molecule has 144 valence electrons. The highest BCUT2D eigenvalue weighted by atomic mass is 35.5. The highest BCUT2D eigenvalue weighted by Gasteiger charge is 2.24. The summed E-state index contributed by atoms with van der Waals surface area (Å²) in [6.07, 6.45) is 2.01. The lowest BCUT2D eigenvalue weighted by Gasteiger charge is -2.33. The van der Waals surface area contributed by atoms with E-state index in [1.165, 1.54) is 11.1 Å². The van der Waals surface area contributed by atoms with Gasteiger partial charge in [-0.05, 0) is 49.7 Å². The van der Waals surface area contributed by atoms with Crippen molar-refractivity contribution in [1.29, 1.82) is 0 Å². The first-order valence-corrected chi connectivity index (χ1v) is 9.39. The highest BCUT2D eigenvalue weighted by molar-refractivity contribution is 5.96. The van der Waals surface area contributed by atoms with Gasteiger partial charge in [-0.3, -0.25) is 4.79 Å². The number of nitrogens with zero attached hydrogens (tertiary/aromatic N) is 2. The lowest BCUT2D eigenvalue weighted by Crippen LogP contribution is -2.47. The lowest BCUT2D eigenvalue weighted by atomic mass is 9.95. The number of carbonyl (C=O) groups is 1. The zero-order valence-corrected chi connectivity index (χ0v) is 16.2. The number of likely N-dealkylation sites (N-methyl/N-ethyl adjacent to an activating group) is 1. The third kappa shape index (κ3) is 4.14. The summed E-state index contributed by atoms with van der Waals surface area (Å²) in [5.41, 5.74) is 4.55. The number of ether oxygens (including phenoxy) is 1. The number of hydrogen-bond acceptors (Lipinski definition) is 5. The highest BCUT2D eigenvalue weighted by Crippen LogP contribution is 2.28. The van der Waals surface area contributed by atoms with Gasteiger partial charge in [0.1, 0.15) is 0 Å². The number of hydrogen-bond donors (Lipinski definition) is 2. The first-order chi connectivity index (χ1) is 12.2. The van der Waals surface area contributed by atoms with Crippen LogP contribution in [0.1, 0.15) is 27.9 Å². The molecule has 0 aliphatic carbocycles. The van der Waals surface area contributed by atoms with E-state index in [1.54, 1.807) is 0 Å². The van der Waals surface area contributed by atoms with Gasteiger partial charge < -0.3 is 25.2 Å². The number of benzene rings is 1. The van der Waals surface area contributed by atoms with Gasteiger partial charge in [-0.15, -0.1) is 12.4 Å². The van der Waals surface area contributed by atoms with Crippen LogP contribution in [0.3, 0.4) is 0 Å². The summed E-state index contributed by atoms with van der Waals surface area (Å²) in [5.74, 6) is 0.167. The van der Waals surface area contributed by atoms with E-state index in [1.807, 2.05) is 4.90 Å². The second-order valence-electron chi connectivity index (χ2n) is 7.39. The number of amides is 1. The van der Waals surface area contributed by atoms with Gasteiger partial charge in [-0.25, -0.2) is 0 Å². The van der Waals surface area contributed by atoms with E-state index in [-0.39, 0.29) is 18.3 Å². The number of nitrogens with one attached hydrogen (secondary N) is 2. The Morgan fingerprint density at radius 2 is 2.08 bits per heavy atom. The SMILES string of the molecule is CN1CCN(C(=O)c2cc3c(c(N[C@H]4CCOC4)c2)CNCC3)CC1.Cl. The maximum atomic E-state index is 13.0. The van der Waals surface area contributed by atoms with E-state index in [9.17, 15) is 4.79 Å². The molecule has 3 heterocycles. The van der Waals surface area contributed by atoms with E-state index >= 15 is 0 Å². The summed E-state index contributed by atoms with van der Waals surface area (Å²) in [5, 5.41) is 7.08. The van der Waals surface area contributed by atoms with Crippen molar-refractivity contribution in [2.24, 2.45) is 0 Å². The molecule has 2 saturated heterocycles. The predicted octanol–water partition coefficient (Wildman–Crippen LogP) is 1.34. The molecule has 0 aromatic heterocycles. The monoisotopic (exact) mass is 380 g/mol. The van der Waals surface area contributed by atoms with Crippen molar-refractivity contribution in [3.63, 3.8) is 0 Å². The van der Waals surface area contributed by atoms with Crippen LogP contribution in [-0.2, 0) is 17.7 Å². The molecule has 1 atom stereocenters. The van der Waals surface area contributed by atoms with Gasteiger partial charge in [-0.2, -0.15) is 0 Å². The number of anilines is 1. The van der Waals surface area contributed by atoms with Crippen molar-refractivity contribution in [2.75, 3.05) is 58.3 Å².